The highest BCUT2D eigenvalue weighted by molar-refractivity contribution is 5.94. The zero-order chi connectivity index (χ0) is 30.4. The molecule has 0 saturated carbocycles. The Hall–Kier alpha value is -3.87. The zero-order valence-electron chi connectivity index (χ0n) is 23.7. The number of benzene rings is 1. The van der Waals surface area contributed by atoms with Gasteiger partial charge < -0.3 is 43.4 Å². The Kier molecular flexibility index (Phi) is 14.5. The van der Waals surface area contributed by atoms with Crippen molar-refractivity contribution in [2.24, 2.45) is 34.0 Å². The van der Waals surface area contributed by atoms with Crippen LogP contribution in [0.15, 0.2) is 29.3 Å². The Balaban J connectivity index is 3.05. The SMILES string of the molecule is CCC(C)C(NC(=O)C(N)Cc1ccc(O)cc1)C(=O)NC(CCCN=C(N)N)C(=O)NC(CC(C)C)C(=O)O. The Labute approximate surface area is 235 Å². The van der Waals surface area contributed by atoms with Gasteiger partial charge in [-0.15, -0.1) is 0 Å². The van der Waals surface area contributed by atoms with Crippen molar-refractivity contribution in [3.05, 3.63) is 29.8 Å². The number of carboxylic acid groups (broad SMARTS) is 1. The van der Waals surface area contributed by atoms with E-state index in [9.17, 15) is 29.4 Å². The number of aromatic hydroxyl groups is 1. The number of hydrogen-bond acceptors (Lipinski definition) is 7. The number of carbonyl (C=O) groups is 4. The van der Waals surface area contributed by atoms with E-state index in [1.54, 1.807) is 19.1 Å². The molecule has 0 spiro atoms. The van der Waals surface area contributed by atoms with Gasteiger partial charge in [-0.1, -0.05) is 46.2 Å². The number of rotatable bonds is 17. The Morgan fingerprint density at radius 1 is 0.925 bits per heavy atom. The van der Waals surface area contributed by atoms with Crippen LogP contribution in [0.4, 0.5) is 0 Å². The first-order chi connectivity index (χ1) is 18.7. The van der Waals surface area contributed by atoms with E-state index in [1.165, 1.54) is 12.1 Å². The summed E-state index contributed by atoms with van der Waals surface area (Å²) in [6.07, 6.45) is 1.39. The second kappa shape index (κ2) is 17.0. The number of hydrogen-bond donors (Lipinski definition) is 8. The van der Waals surface area contributed by atoms with Crippen LogP contribution < -0.4 is 33.2 Å². The summed E-state index contributed by atoms with van der Waals surface area (Å²) in [5.41, 5.74) is 17.6. The van der Waals surface area contributed by atoms with Crippen LogP contribution in [0.2, 0.25) is 0 Å². The molecule has 0 aliphatic carbocycles. The van der Waals surface area contributed by atoms with E-state index in [0.29, 0.717) is 12.8 Å². The van der Waals surface area contributed by atoms with Crippen LogP contribution in [0, 0.1) is 11.8 Å². The van der Waals surface area contributed by atoms with Crippen molar-refractivity contribution in [1.82, 2.24) is 16.0 Å². The molecule has 0 fully saturated rings. The van der Waals surface area contributed by atoms with Crippen molar-refractivity contribution in [1.29, 1.82) is 0 Å². The Bertz CT molecular complexity index is 1010. The highest BCUT2D eigenvalue weighted by Crippen LogP contribution is 2.13. The molecule has 0 heterocycles. The minimum absolute atomic E-state index is 0.00656. The van der Waals surface area contributed by atoms with E-state index < -0.39 is 47.9 Å². The average Bonchev–Trinajstić information content (AvgIpc) is 2.88. The maximum Gasteiger partial charge on any atom is 0.326 e. The molecule has 3 amide bonds. The number of carboxylic acids is 1. The van der Waals surface area contributed by atoms with Gasteiger partial charge in [-0.3, -0.25) is 19.4 Å². The van der Waals surface area contributed by atoms with E-state index in [2.05, 4.69) is 20.9 Å². The summed E-state index contributed by atoms with van der Waals surface area (Å²) in [4.78, 5) is 55.0. The number of phenols is 1. The fourth-order valence-corrected chi connectivity index (χ4v) is 3.94. The van der Waals surface area contributed by atoms with Crippen molar-refractivity contribution < 1.29 is 29.4 Å². The van der Waals surface area contributed by atoms with Gasteiger partial charge >= 0.3 is 5.97 Å². The molecular formula is C27H45N7O6. The van der Waals surface area contributed by atoms with Gasteiger partial charge in [-0.05, 0) is 55.2 Å². The van der Waals surface area contributed by atoms with Gasteiger partial charge in [0, 0.05) is 6.54 Å². The number of nitrogens with one attached hydrogen (secondary N) is 3. The van der Waals surface area contributed by atoms with Crippen molar-refractivity contribution in [2.45, 2.75) is 84.0 Å². The molecule has 0 aromatic heterocycles. The number of nitrogens with zero attached hydrogens (tertiary/aromatic N) is 1. The van der Waals surface area contributed by atoms with Crippen LogP contribution in [0.25, 0.3) is 0 Å². The van der Waals surface area contributed by atoms with Crippen molar-refractivity contribution in [3.8, 4) is 5.75 Å². The third-order valence-corrected chi connectivity index (χ3v) is 6.42. The predicted molar refractivity (Wildman–Crippen MR) is 152 cm³/mol. The fraction of sp³-hybridized carbons (Fsp3) is 0.593. The van der Waals surface area contributed by atoms with Gasteiger partial charge in [0.2, 0.25) is 17.7 Å². The molecule has 13 nitrogen and oxygen atoms in total. The van der Waals surface area contributed by atoms with Crippen molar-refractivity contribution in [3.63, 3.8) is 0 Å². The summed E-state index contributed by atoms with van der Waals surface area (Å²) >= 11 is 0. The standard InChI is InChI=1S/C27H45N7O6/c1-5-16(4)22(34-23(36)19(28)14-17-8-10-18(35)11-9-17)25(38)32-20(7-6-12-31-27(29)30)24(37)33-21(26(39)40)13-15(2)3/h8-11,15-16,19-22,35H,5-7,12-14,28H2,1-4H3,(H,32,38)(H,33,37)(H,34,36)(H,39,40)(H4,29,30,31). The van der Waals surface area contributed by atoms with Crippen LogP contribution in [-0.2, 0) is 25.6 Å². The monoisotopic (exact) mass is 563 g/mol. The summed E-state index contributed by atoms with van der Waals surface area (Å²) in [5.74, 6) is -3.32. The van der Waals surface area contributed by atoms with E-state index in [1.807, 2.05) is 20.8 Å². The first-order valence-electron chi connectivity index (χ1n) is 13.5. The number of aliphatic imine (C=N–C) groups is 1. The molecule has 5 atom stereocenters. The molecule has 13 heteroatoms. The lowest BCUT2D eigenvalue weighted by Gasteiger charge is -2.28. The van der Waals surface area contributed by atoms with Gasteiger partial charge in [0.25, 0.3) is 0 Å². The summed E-state index contributed by atoms with van der Waals surface area (Å²) in [7, 11) is 0. The molecule has 0 bridgehead atoms. The summed E-state index contributed by atoms with van der Waals surface area (Å²) in [6, 6.07) is 2.09. The zero-order valence-corrected chi connectivity index (χ0v) is 23.7. The third-order valence-electron chi connectivity index (χ3n) is 6.42. The minimum atomic E-state index is -1.18. The molecular weight excluding hydrogens is 518 g/mol. The normalized spacial score (nSPS) is 14.8. The van der Waals surface area contributed by atoms with Crippen LogP contribution in [-0.4, -0.2) is 70.6 Å². The van der Waals surface area contributed by atoms with Gasteiger partial charge in [0.05, 0.1) is 6.04 Å². The molecule has 224 valence electrons. The lowest BCUT2D eigenvalue weighted by molar-refractivity contribution is -0.143. The van der Waals surface area contributed by atoms with E-state index in [-0.39, 0.29) is 49.4 Å². The lowest BCUT2D eigenvalue weighted by atomic mass is 9.96. The number of carbonyl (C=O) groups excluding carboxylic acids is 3. The second-order valence-electron chi connectivity index (χ2n) is 10.4. The summed E-state index contributed by atoms with van der Waals surface area (Å²) in [5, 5.41) is 26.9. The van der Waals surface area contributed by atoms with Gasteiger partial charge in [0.1, 0.15) is 23.9 Å². The van der Waals surface area contributed by atoms with Crippen LogP contribution >= 0.6 is 0 Å². The smallest absolute Gasteiger partial charge is 0.326 e. The number of nitrogens with two attached hydrogens (primary N) is 3. The van der Waals surface area contributed by atoms with Crippen LogP contribution in [0.5, 0.6) is 5.75 Å². The molecule has 0 radical (unpaired) electrons. The third kappa shape index (κ3) is 12.3. The van der Waals surface area contributed by atoms with Gasteiger partial charge in [-0.2, -0.15) is 0 Å². The van der Waals surface area contributed by atoms with Crippen LogP contribution in [0.1, 0.15) is 58.9 Å². The second-order valence-corrected chi connectivity index (χ2v) is 10.4. The largest absolute Gasteiger partial charge is 0.508 e. The molecule has 40 heavy (non-hydrogen) atoms. The average molecular weight is 564 g/mol. The molecule has 0 saturated heterocycles. The topological polar surface area (TPSA) is 235 Å². The highest BCUT2D eigenvalue weighted by Gasteiger charge is 2.32. The number of phenolic OH excluding ortho intramolecular Hbond substituents is 1. The molecule has 11 N–H and O–H groups in total. The quantitative estimate of drug-likeness (QED) is 0.0719. The van der Waals surface area contributed by atoms with Gasteiger partial charge in [-0.25, -0.2) is 4.79 Å². The van der Waals surface area contributed by atoms with Crippen molar-refractivity contribution in [2.75, 3.05) is 6.54 Å². The molecule has 0 aliphatic rings. The first-order valence-corrected chi connectivity index (χ1v) is 13.5. The van der Waals surface area contributed by atoms with E-state index >= 15 is 0 Å². The predicted octanol–water partition coefficient (Wildman–Crippen LogP) is -0.0532. The highest BCUT2D eigenvalue weighted by atomic mass is 16.4. The van der Waals surface area contributed by atoms with Gasteiger partial charge in [0.15, 0.2) is 5.96 Å². The molecule has 1 aromatic rings. The van der Waals surface area contributed by atoms with E-state index in [0.717, 1.165) is 5.56 Å². The lowest BCUT2D eigenvalue weighted by Crippen LogP contribution is -2.58. The number of amides is 3. The Morgan fingerprint density at radius 3 is 2.05 bits per heavy atom. The fourth-order valence-electron chi connectivity index (χ4n) is 3.94. The summed E-state index contributed by atoms with van der Waals surface area (Å²) < 4.78 is 0. The molecule has 1 rings (SSSR count). The number of aliphatic carboxylic acids is 1. The van der Waals surface area contributed by atoms with Crippen molar-refractivity contribution >= 4 is 29.7 Å². The minimum Gasteiger partial charge on any atom is -0.508 e. The molecule has 5 unspecified atom stereocenters. The number of guanidine groups is 1. The maximum absolute atomic E-state index is 13.4. The molecule has 0 aliphatic heterocycles. The first kappa shape index (κ1) is 34.2. The summed E-state index contributed by atoms with van der Waals surface area (Å²) in [6.45, 7) is 7.52. The van der Waals surface area contributed by atoms with Crippen LogP contribution in [0.3, 0.4) is 0 Å². The maximum atomic E-state index is 13.4. The molecule has 1 aromatic carbocycles. The Morgan fingerprint density at radius 2 is 1.52 bits per heavy atom. The van der Waals surface area contributed by atoms with E-state index in [4.69, 9.17) is 17.2 Å².